The molecule has 1 aromatic carbocycles. The van der Waals surface area contributed by atoms with Crippen LogP contribution in [0.5, 0.6) is 5.75 Å². The minimum Gasteiger partial charge on any atom is -0.486 e. The summed E-state index contributed by atoms with van der Waals surface area (Å²) in [7, 11) is 1.32. The van der Waals surface area contributed by atoms with E-state index in [1.165, 1.54) is 7.11 Å². The van der Waals surface area contributed by atoms with E-state index in [1.54, 1.807) is 47.7 Å². The van der Waals surface area contributed by atoms with Crippen LogP contribution in [0.3, 0.4) is 0 Å². The van der Waals surface area contributed by atoms with Crippen LogP contribution in [-0.4, -0.2) is 24.0 Å². The van der Waals surface area contributed by atoms with Gasteiger partial charge in [-0.15, -0.1) is 22.7 Å². The van der Waals surface area contributed by atoms with Crippen molar-refractivity contribution in [3.05, 3.63) is 62.9 Å². The van der Waals surface area contributed by atoms with Crippen molar-refractivity contribution in [2.45, 2.75) is 13.5 Å². The van der Waals surface area contributed by atoms with Crippen LogP contribution in [0.2, 0.25) is 0 Å². The Kier molecular flexibility index (Phi) is 5.65. The van der Waals surface area contributed by atoms with Crippen molar-refractivity contribution in [3.63, 3.8) is 0 Å². The lowest BCUT2D eigenvalue weighted by atomic mass is 10.2. The number of nitrogens with zero attached hydrogens (tertiary/aromatic N) is 1. The number of aryl methyl sites for hydroxylation is 1. The molecule has 2 aromatic heterocycles. The van der Waals surface area contributed by atoms with Gasteiger partial charge in [-0.25, -0.2) is 9.78 Å². The lowest BCUT2D eigenvalue weighted by Gasteiger charge is -2.10. The van der Waals surface area contributed by atoms with Crippen LogP contribution in [0, 0.1) is 6.92 Å². The highest BCUT2D eigenvalue weighted by Gasteiger charge is 2.15. The van der Waals surface area contributed by atoms with Gasteiger partial charge in [-0.1, -0.05) is 12.1 Å². The molecule has 0 fully saturated rings. The fourth-order valence-corrected chi connectivity index (χ4v) is 3.62. The number of methoxy groups -OCH3 is 1. The molecule has 8 heteroatoms. The topological polar surface area (TPSA) is 77.5 Å². The average Bonchev–Trinajstić information content (AvgIpc) is 3.28. The molecule has 6 nitrogen and oxygen atoms in total. The van der Waals surface area contributed by atoms with Crippen LogP contribution in [0.1, 0.15) is 30.7 Å². The minimum absolute atomic E-state index is 0.292. The Bertz CT molecular complexity index is 933. The fraction of sp³-hybridized carbons (Fsp3) is 0.167. The third-order valence-electron chi connectivity index (χ3n) is 3.40. The maximum Gasteiger partial charge on any atom is 0.348 e. The Morgan fingerprint density at radius 2 is 2.00 bits per heavy atom. The summed E-state index contributed by atoms with van der Waals surface area (Å²) >= 11 is 2.70. The maximum atomic E-state index is 12.6. The predicted octanol–water partition coefficient (Wildman–Crippen LogP) is 4.13. The van der Waals surface area contributed by atoms with E-state index in [2.05, 4.69) is 15.0 Å². The van der Waals surface area contributed by atoms with Crippen LogP contribution >= 0.6 is 22.7 Å². The number of para-hydroxylation sites is 1. The number of hydrogen-bond acceptors (Lipinski definition) is 7. The average molecular weight is 388 g/mol. The van der Waals surface area contributed by atoms with Gasteiger partial charge < -0.3 is 14.8 Å². The Hall–Kier alpha value is -2.71. The Balaban J connectivity index is 1.71. The summed E-state index contributed by atoms with van der Waals surface area (Å²) in [6.07, 6.45) is 0. The highest BCUT2D eigenvalue weighted by molar-refractivity contribution is 7.18. The second-order valence-corrected chi connectivity index (χ2v) is 7.40. The molecule has 1 amide bonds. The number of rotatable bonds is 6. The number of ether oxygens (including phenoxy) is 2. The van der Waals surface area contributed by atoms with E-state index in [4.69, 9.17) is 4.74 Å². The first kappa shape index (κ1) is 18.1. The van der Waals surface area contributed by atoms with Gasteiger partial charge in [-0.3, -0.25) is 4.79 Å². The summed E-state index contributed by atoms with van der Waals surface area (Å²) in [5.74, 6) is -0.272. The standard InChI is InChI=1S/C18H16N2O4S2/c1-11-19-12(10-25-11)9-24-14-6-4-3-5-13(14)17(21)20-16-8-7-15(26-16)18(22)23-2/h3-8,10H,9H2,1-2H3,(H,20,21). The molecule has 26 heavy (non-hydrogen) atoms. The third kappa shape index (κ3) is 4.27. The van der Waals surface area contributed by atoms with Gasteiger partial charge in [-0.05, 0) is 31.2 Å². The molecule has 3 aromatic rings. The molecule has 2 heterocycles. The van der Waals surface area contributed by atoms with Crippen molar-refractivity contribution in [2.75, 3.05) is 12.4 Å². The molecule has 0 spiro atoms. The number of esters is 1. The minimum atomic E-state index is -0.433. The van der Waals surface area contributed by atoms with E-state index in [0.717, 1.165) is 22.0 Å². The SMILES string of the molecule is COC(=O)c1ccc(NC(=O)c2ccccc2OCc2csc(C)n2)s1. The van der Waals surface area contributed by atoms with E-state index in [-0.39, 0.29) is 5.91 Å². The molecule has 0 saturated heterocycles. The van der Waals surface area contributed by atoms with Crippen molar-refractivity contribution in [2.24, 2.45) is 0 Å². The molecule has 0 aliphatic rings. The highest BCUT2D eigenvalue weighted by atomic mass is 32.1. The van der Waals surface area contributed by atoms with E-state index < -0.39 is 5.97 Å². The zero-order valence-electron chi connectivity index (χ0n) is 14.1. The van der Waals surface area contributed by atoms with E-state index in [9.17, 15) is 9.59 Å². The lowest BCUT2D eigenvalue weighted by molar-refractivity contribution is 0.0606. The highest BCUT2D eigenvalue weighted by Crippen LogP contribution is 2.25. The van der Waals surface area contributed by atoms with Crippen molar-refractivity contribution in [3.8, 4) is 5.75 Å². The summed E-state index contributed by atoms with van der Waals surface area (Å²) in [4.78, 5) is 28.9. The molecule has 0 unspecified atom stereocenters. The van der Waals surface area contributed by atoms with Crippen molar-refractivity contribution < 1.29 is 19.1 Å². The summed E-state index contributed by atoms with van der Waals surface area (Å²) in [5, 5.41) is 6.23. The van der Waals surface area contributed by atoms with Crippen LogP contribution in [0.25, 0.3) is 0 Å². The number of thiazole rings is 1. The van der Waals surface area contributed by atoms with Crippen LogP contribution in [0.15, 0.2) is 41.8 Å². The first-order valence-corrected chi connectivity index (χ1v) is 9.39. The quantitative estimate of drug-likeness (QED) is 0.643. The first-order chi connectivity index (χ1) is 12.6. The Morgan fingerprint density at radius 3 is 2.73 bits per heavy atom. The molecule has 3 rings (SSSR count). The summed E-state index contributed by atoms with van der Waals surface area (Å²) in [6.45, 7) is 2.22. The van der Waals surface area contributed by atoms with Crippen molar-refractivity contribution >= 4 is 39.6 Å². The molecular weight excluding hydrogens is 372 g/mol. The Labute approximate surface area is 158 Å². The van der Waals surface area contributed by atoms with E-state index >= 15 is 0 Å². The van der Waals surface area contributed by atoms with Gasteiger partial charge >= 0.3 is 5.97 Å². The number of carbonyl (C=O) groups is 2. The molecule has 0 saturated carbocycles. The zero-order valence-corrected chi connectivity index (χ0v) is 15.8. The monoisotopic (exact) mass is 388 g/mol. The molecule has 0 aliphatic carbocycles. The van der Waals surface area contributed by atoms with Crippen molar-refractivity contribution in [1.29, 1.82) is 0 Å². The number of amides is 1. The lowest BCUT2D eigenvalue weighted by Crippen LogP contribution is -2.13. The fourth-order valence-electron chi connectivity index (χ4n) is 2.20. The zero-order chi connectivity index (χ0) is 18.5. The second-order valence-electron chi connectivity index (χ2n) is 5.25. The molecule has 134 valence electrons. The molecule has 1 N–H and O–H groups in total. The normalized spacial score (nSPS) is 10.4. The van der Waals surface area contributed by atoms with Gasteiger partial charge in [0, 0.05) is 5.38 Å². The van der Waals surface area contributed by atoms with Crippen LogP contribution < -0.4 is 10.1 Å². The van der Waals surface area contributed by atoms with Gasteiger partial charge in [-0.2, -0.15) is 0 Å². The number of thiophene rings is 1. The smallest absolute Gasteiger partial charge is 0.348 e. The predicted molar refractivity (Wildman–Crippen MR) is 101 cm³/mol. The number of aromatic nitrogens is 1. The first-order valence-electron chi connectivity index (χ1n) is 7.69. The van der Waals surface area contributed by atoms with Crippen LogP contribution in [-0.2, 0) is 11.3 Å². The molecule has 0 radical (unpaired) electrons. The van der Waals surface area contributed by atoms with Gasteiger partial charge in [0.25, 0.3) is 5.91 Å². The summed E-state index contributed by atoms with van der Waals surface area (Å²) in [5.41, 5.74) is 1.23. The maximum absolute atomic E-state index is 12.6. The van der Waals surface area contributed by atoms with Gasteiger partial charge in [0.1, 0.15) is 17.2 Å². The van der Waals surface area contributed by atoms with Crippen LogP contribution in [0.4, 0.5) is 5.00 Å². The number of benzene rings is 1. The summed E-state index contributed by atoms with van der Waals surface area (Å²) < 4.78 is 10.4. The summed E-state index contributed by atoms with van der Waals surface area (Å²) in [6, 6.07) is 10.3. The number of anilines is 1. The third-order valence-corrected chi connectivity index (χ3v) is 5.21. The molecule has 0 bridgehead atoms. The molecule has 0 aliphatic heterocycles. The van der Waals surface area contributed by atoms with Gasteiger partial charge in [0.05, 0.1) is 28.4 Å². The number of carbonyl (C=O) groups excluding carboxylic acids is 2. The van der Waals surface area contributed by atoms with E-state index in [1.807, 2.05) is 12.3 Å². The number of hydrogen-bond donors (Lipinski definition) is 1. The van der Waals surface area contributed by atoms with Crippen molar-refractivity contribution in [1.82, 2.24) is 4.98 Å². The number of nitrogens with one attached hydrogen (secondary N) is 1. The van der Waals surface area contributed by atoms with E-state index in [0.29, 0.717) is 27.8 Å². The largest absolute Gasteiger partial charge is 0.486 e. The molecular formula is C18H16N2O4S2. The molecule has 0 atom stereocenters. The van der Waals surface area contributed by atoms with Gasteiger partial charge in [0.2, 0.25) is 0 Å². The van der Waals surface area contributed by atoms with Gasteiger partial charge in [0.15, 0.2) is 0 Å². The Morgan fingerprint density at radius 1 is 1.19 bits per heavy atom. The second kappa shape index (κ2) is 8.11.